The van der Waals surface area contributed by atoms with Gasteiger partial charge in [0.2, 0.25) is 0 Å². The molecule has 0 radical (unpaired) electrons. The number of ketones is 1. The van der Waals surface area contributed by atoms with Gasteiger partial charge in [0.25, 0.3) is 0 Å². The van der Waals surface area contributed by atoms with E-state index in [4.69, 9.17) is 5.73 Å². The van der Waals surface area contributed by atoms with Crippen LogP contribution in [0.25, 0.3) is 11.2 Å². The molecule has 1 saturated carbocycles. The second kappa shape index (κ2) is 3.38. The van der Waals surface area contributed by atoms with Crippen molar-refractivity contribution in [2.24, 2.45) is 5.73 Å². The summed E-state index contributed by atoms with van der Waals surface area (Å²) >= 11 is 0. The van der Waals surface area contributed by atoms with Crippen molar-refractivity contribution in [3.05, 3.63) is 23.7 Å². The van der Waals surface area contributed by atoms with Crippen molar-refractivity contribution in [1.82, 2.24) is 15.0 Å². The van der Waals surface area contributed by atoms with E-state index in [1.54, 1.807) is 12.3 Å². The molecule has 82 valence electrons. The van der Waals surface area contributed by atoms with Crippen molar-refractivity contribution in [2.75, 3.05) is 6.54 Å². The molecule has 3 N–H and O–H groups in total. The van der Waals surface area contributed by atoms with Gasteiger partial charge in [-0.1, -0.05) is 0 Å². The standard InChI is InChI=1S/C11H12N4O/c12-5-8(16)7-3-4-13-11-9(7)14-10(15-11)6-1-2-6/h3-4,6H,1-2,5,12H2,(H,13,14,15). The van der Waals surface area contributed by atoms with Crippen LogP contribution in [0.4, 0.5) is 0 Å². The van der Waals surface area contributed by atoms with E-state index in [0.717, 1.165) is 11.3 Å². The van der Waals surface area contributed by atoms with Gasteiger partial charge in [-0.2, -0.15) is 0 Å². The number of carbonyl (C=O) groups is 1. The first-order chi connectivity index (χ1) is 7.79. The Labute approximate surface area is 92.1 Å². The fourth-order valence-electron chi connectivity index (χ4n) is 1.82. The van der Waals surface area contributed by atoms with Crippen LogP contribution in [-0.2, 0) is 0 Å². The second-order valence-corrected chi connectivity index (χ2v) is 4.08. The number of rotatable bonds is 3. The summed E-state index contributed by atoms with van der Waals surface area (Å²) < 4.78 is 0. The van der Waals surface area contributed by atoms with Crippen LogP contribution < -0.4 is 5.73 Å². The molecule has 0 bridgehead atoms. The number of fused-ring (bicyclic) bond motifs is 1. The van der Waals surface area contributed by atoms with Gasteiger partial charge in [0.1, 0.15) is 5.82 Å². The minimum Gasteiger partial charge on any atom is -0.340 e. The van der Waals surface area contributed by atoms with E-state index >= 15 is 0 Å². The Balaban J connectivity index is 2.17. The summed E-state index contributed by atoms with van der Waals surface area (Å²) in [5, 5.41) is 0. The number of carbonyl (C=O) groups excluding carboxylic acids is 1. The first-order valence-electron chi connectivity index (χ1n) is 5.37. The maximum absolute atomic E-state index is 11.6. The predicted octanol–water partition coefficient (Wildman–Crippen LogP) is 0.977. The first-order valence-corrected chi connectivity index (χ1v) is 5.37. The predicted molar refractivity (Wildman–Crippen MR) is 59.2 cm³/mol. The third-order valence-corrected chi connectivity index (χ3v) is 2.86. The zero-order valence-corrected chi connectivity index (χ0v) is 8.73. The summed E-state index contributed by atoms with van der Waals surface area (Å²) in [6, 6.07) is 1.69. The van der Waals surface area contributed by atoms with E-state index in [2.05, 4.69) is 15.0 Å². The summed E-state index contributed by atoms with van der Waals surface area (Å²) in [4.78, 5) is 23.4. The zero-order chi connectivity index (χ0) is 11.1. The van der Waals surface area contributed by atoms with E-state index in [9.17, 15) is 4.79 Å². The van der Waals surface area contributed by atoms with Crippen LogP contribution >= 0.6 is 0 Å². The molecule has 0 saturated heterocycles. The number of nitrogens with zero attached hydrogens (tertiary/aromatic N) is 2. The maximum Gasteiger partial charge on any atom is 0.178 e. The van der Waals surface area contributed by atoms with Crippen molar-refractivity contribution in [2.45, 2.75) is 18.8 Å². The van der Waals surface area contributed by atoms with Crippen molar-refractivity contribution in [3.8, 4) is 0 Å². The summed E-state index contributed by atoms with van der Waals surface area (Å²) in [7, 11) is 0. The SMILES string of the molecule is NCC(=O)c1ccnc2nc(C3CC3)[nH]c12. The molecule has 5 heteroatoms. The Morgan fingerprint density at radius 3 is 3.06 bits per heavy atom. The minimum absolute atomic E-state index is 0.0108. The largest absolute Gasteiger partial charge is 0.340 e. The minimum atomic E-state index is -0.0848. The topological polar surface area (TPSA) is 84.7 Å². The Kier molecular flexibility index (Phi) is 2.00. The number of imidazole rings is 1. The summed E-state index contributed by atoms with van der Waals surface area (Å²) in [6.45, 7) is 0.0108. The lowest BCUT2D eigenvalue weighted by Gasteiger charge is -1.97. The van der Waals surface area contributed by atoms with Crippen LogP contribution in [-0.4, -0.2) is 27.3 Å². The smallest absolute Gasteiger partial charge is 0.178 e. The monoisotopic (exact) mass is 216 g/mol. The third kappa shape index (κ3) is 1.40. The molecule has 0 unspecified atom stereocenters. The van der Waals surface area contributed by atoms with Gasteiger partial charge in [0, 0.05) is 17.7 Å². The molecule has 0 aromatic carbocycles. The normalized spacial score (nSPS) is 15.6. The number of H-pyrrole nitrogens is 1. The molecule has 2 heterocycles. The van der Waals surface area contributed by atoms with Crippen LogP contribution in [0.1, 0.15) is 34.9 Å². The van der Waals surface area contributed by atoms with Crippen LogP contribution in [0.15, 0.2) is 12.3 Å². The molecule has 0 amide bonds. The van der Waals surface area contributed by atoms with E-state index in [0.29, 0.717) is 17.1 Å². The molecule has 16 heavy (non-hydrogen) atoms. The highest BCUT2D eigenvalue weighted by molar-refractivity contribution is 6.06. The Morgan fingerprint density at radius 2 is 2.38 bits per heavy atom. The number of hydrogen-bond acceptors (Lipinski definition) is 4. The Morgan fingerprint density at radius 1 is 1.56 bits per heavy atom. The van der Waals surface area contributed by atoms with Crippen LogP contribution in [0, 0.1) is 0 Å². The average molecular weight is 216 g/mol. The molecule has 5 nitrogen and oxygen atoms in total. The summed E-state index contributed by atoms with van der Waals surface area (Å²) in [5.74, 6) is 1.38. The van der Waals surface area contributed by atoms with Gasteiger partial charge in [-0.15, -0.1) is 0 Å². The number of pyridine rings is 1. The molecule has 0 aliphatic heterocycles. The Bertz CT molecular complexity index is 556. The maximum atomic E-state index is 11.6. The molecule has 2 aromatic heterocycles. The summed E-state index contributed by atoms with van der Waals surface area (Å²) in [5.41, 5.74) is 7.29. The van der Waals surface area contributed by atoms with Gasteiger partial charge in [-0.05, 0) is 18.9 Å². The Hall–Kier alpha value is -1.75. The molecule has 0 atom stereocenters. The molecule has 3 rings (SSSR count). The molecular formula is C11H12N4O. The van der Waals surface area contributed by atoms with Crippen LogP contribution in [0.5, 0.6) is 0 Å². The van der Waals surface area contributed by atoms with Gasteiger partial charge < -0.3 is 10.7 Å². The third-order valence-electron chi connectivity index (χ3n) is 2.86. The lowest BCUT2D eigenvalue weighted by atomic mass is 10.1. The van der Waals surface area contributed by atoms with Gasteiger partial charge in [-0.25, -0.2) is 9.97 Å². The van der Waals surface area contributed by atoms with Crippen LogP contribution in [0.3, 0.4) is 0 Å². The molecule has 2 aromatic rings. The highest BCUT2D eigenvalue weighted by Gasteiger charge is 2.27. The number of aromatic nitrogens is 3. The number of nitrogens with one attached hydrogen (secondary N) is 1. The van der Waals surface area contributed by atoms with E-state index in [1.165, 1.54) is 12.8 Å². The molecule has 1 aliphatic carbocycles. The molecule has 1 fully saturated rings. The molecule has 0 spiro atoms. The average Bonchev–Trinajstić information content (AvgIpc) is 3.07. The zero-order valence-electron chi connectivity index (χ0n) is 8.73. The summed E-state index contributed by atoms with van der Waals surface area (Å²) in [6.07, 6.45) is 3.93. The first kappa shape index (κ1) is 9.47. The number of hydrogen-bond donors (Lipinski definition) is 2. The molecular weight excluding hydrogens is 204 g/mol. The van der Waals surface area contributed by atoms with Gasteiger partial charge >= 0.3 is 0 Å². The van der Waals surface area contributed by atoms with Crippen LogP contribution in [0.2, 0.25) is 0 Å². The van der Waals surface area contributed by atoms with Crippen molar-refractivity contribution < 1.29 is 4.79 Å². The highest BCUT2D eigenvalue weighted by atomic mass is 16.1. The van der Waals surface area contributed by atoms with Crippen molar-refractivity contribution in [3.63, 3.8) is 0 Å². The number of aromatic amines is 1. The number of Topliss-reactive ketones (excluding diaryl/α,β-unsaturated/α-hetero) is 1. The van der Waals surface area contributed by atoms with Crippen molar-refractivity contribution in [1.29, 1.82) is 0 Å². The van der Waals surface area contributed by atoms with Crippen molar-refractivity contribution >= 4 is 16.9 Å². The lowest BCUT2D eigenvalue weighted by molar-refractivity contribution is 0.100. The second-order valence-electron chi connectivity index (χ2n) is 4.08. The van der Waals surface area contributed by atoms with E-state index < -0.39 is 0 Å². The molecule has 1 aliphatic rings. The van der Waals surface area contributed by atoms with Gasteiger partial charge in [0.15, 0.2) is 11.4 Å². The fourth-order valence-corrected chi connectivity index (χ4v) is 1.82. The number of nitrogens with two attached hydrogens (primary N) is 1. The lowest BCUT2D eigenvalue weighted by Crippen LogP contribution is -2.14. The highest BCUT2D eigenvalue weighted by Crippen LogP contribution is 2.39. The quantitative estimate of drug-likeness (QED) is 0.749. The fraction of sp³-hybridized carbons (Fsp3) is 0.364. The van der Waals surface area contributed by atoms with E-state index in [-0.39, 0.29) is 12.3 Å². The van der Waals surface area contributed by atoms with E-state index in [1.807, 2.05) is 0 Å². The van der Waals surface area contributed by atoms with Gasteiger partial charge in [-0.3, -0.25) is 4.79 Å². The van der Waals surface area contributed by atoms with Gasteiger partial charge in [0.05, 0.1) is 12.1 Å².